The van der Waals surface area contributed by atoms with Gasteiger partial charge in [-0.1, -0.05) is 17.7 Å². The number of nitrogens with zero attached hydrogens (tertiary/aromatic N) is 4. The first kappa shape index (κ1) is 17.7. The van der Waals surface area contributed by atoms with E-state index in [1.54, 1.807) is 24.3 Å². The van der Waals surface area contributed by atoms with Crippen LogP contribution in [0.4, 0.5) is 0 Å². The molecule has 1 aromatic carbocycles. The minimum absolute atomic E-state index is 0.0351. The zero-order valence-corrected chi connectivity index (χ0v) is 21.6. The second-order valence-corrected chi connectivity index (χ2v) is 9.40. The third kappa shape index (κ3) is 4.83. The molecule has 0 bridgehead atoms. The molecule has 0 spiro atoms. The zero-order chi connectivity index (χ0) is 35.1. The van der Waals surface area contributed by atoms with E-state index >= 15 is 0 Å². The van der Waals surface area contributed by atoms with Gasteiger partial charge in [0.05, 0.1) is 32.6 Å². The SMILES string of the molecule is [2H]C([2H])(c1cc(Cl)cc(C([2H])([2H])C([2H])([2H])c2cnc3c(c2)c(=O)oc2ncccc23)c1)C([2H])([2H])c1cnc2c(c1)c(=O)oc1ncccc12. The van der Waals surface area contributed by atoms with Crippen molar-refractivity contribution in [3.63, 3.8) is 0 Å². The molecule has 0 aliphatic carbocycles. The van der Waals surface area contributed by atoms with Crippen LogP contribution in [-0.2, 0) is 25.5 Å². The highest BCUT2D eigenvalue weighted by Crippen LogP contribution is 2.23. The van der Waals surface area contributed by atoms with E-state index < -0.39 is 47.9 Å². The summed E-state index contributed by atoms with van der Waals surface area (Å²) in [4.78, 5) is 42.0. The Labute approximate surface area is 248 Å². The van der Waals surface area contributed by atoms with Crippen molar-refractivity contribution in [3.05, 3.63) is 128 Å². The van der Waals surface area contributed by atoms with Crippen molar-refractivity contribution < 1.29 is 19.8 Å². The Morgan fingerprint density at radius 2 is 1.07 bits per heavy atom. The maximum absolute atomic E-state index is 12.8. The van der Waals surface area contributed by atoms with Gasteiger partial charge in [0.15, 0.2) is 0 Å². The van der Waals surface area contributed by atoms with Gasteiger partial charge in [0.2, 0.25) is 11.4 Å². The van der Waals surface area contributed by atoms with Crippen LogP contribution < -0.4 is 11.3 Å². The summed E-state index contributed by atoms with van der Waals surface area (Å²) in [5.41, 5.74) is -2.71. The smallest absolute Gasteiger partial charge is 0.347 e. The summed E-state index contributed by atoms with van der Waals surface area (Å²) in [5.74, 6) is 0. The van der Waals surface area contributed by atoms with E-state index in [9.17, 15) is 9.59 Å². The van der Waals surface area contributed by atoms with Crippen molar-refractivity contribution in [1.29, 1.82) is 0 Å². The van der Waals surface area contributed by atoms with Gasteiger partial charge >= 0.3 is 11.3 Å². The number of aromatic nitrogens is 4. The summed E-state index contributed by atoms with van der Waals surface area (Å²) in [5, 5.41) is 0.402. The standard InChI is InChI=1S/C32H21ClN4O4/c33-22-12-18(5-7-20-14-25-27(36-16-20)23-3-1-9-34-29(23)40-31(25)38)11-19(13-22)6-8-21-15-26-28(37-17-21)24-4-2-10-35-30(24)41-32(26)39/h1-4,9-17H,5-8H2/i5D2,6D2,7D2,8D2. The maximum atomic E-state index is 12.8. The largest absolute Gasteiger partial charge is 0.403 e. The highest BCUT2D eigenvalue weighted by Gasteiger charge is 2.12. The van der Waals surface area contributed by atoms with Gasteiger partial charge in [-0.2, -0.15) is 0 Å². The second-order valence-electron chi connectivity index (χ2n) is 8.96. The van der Waals surface area contributed by atoms with Crippen molar-refractivity contribution in [2.75, 3.05) is 0 Å². The Bertz CT molecular complexity index is 2440. The van der Waals surface area contributed by atoms with E-state index in [1.165, 1.54) is 12.4 Å². The average molecular weight is 569 g/mol. The molecule has 7 aromatic rings. The van der Waals surface area contributed by atoms with Gasteiger partial charge in [-0.25, -0.2) is 19.6 Å². The summed E-state index contributed by atoms with van der Waals surface area (Å²) >= 11 is 6.34. The Kier molecular flexibility index (Phi) is 4.41. The first-order valence-corrected chi connectivity index (χ1v) is 12.6. The second kappa shape index (κ2) is 10.2. The molecule has 6 heterocycles. The van der Waals surface area contributed by atoms with Crippen LogP contribution >= 0.6 is 11.6 Å². The molecule has 41 heavy (non-hydrogen) atoms. The molecule has 0 saturated carbocycles. The van der Waals surface area contributed by atoms with Crippen LogP contribution in [-0.4, -0.2) is 19.9 Å². The normalized spacial score (nSPS) is 15.9. The van der Waals surface area contributed by atoms with Crippen LogP contribution in [0, 0.1) is 0 Å². The van der Waals surface area contributed by atoms with Crippen molar-refractivity contribution in [3.8, 4) is 0 Å². The van der Waals surface area contributed by atoms with Crippen LogP contribution in [0.25, 0.3) is 44.0 Å². The molecule has 0 N–H and O–H groups in total. The van der Waals surface area contributed by atoms with Crippen LogP contribution in [0.5, 0.6) is 0 Å². The fourth-order valence-electron chi connectivity index (χ4n) is 4.42. The molecule has 8 nitrogen and oxygen atoms in total. The zero-order valence-electron chi connectivity index (χ0n) is 28.8. The molecule has 6 aromatic heterocycles. The first-order chi connectivity index (χ1) is 23.0. The number of hydrogen-bond donors (Lipinski definition) is 0. The predicted molar refractivity (Wildman–Crippen MR) is 157 cm³/mol. The lowest BCUT2D eigenvalue weighted by Gasteiger charge is -2.09. The van der Waals surface area contributed by atoms with Crippen LogP contribution in [0.15, 0.2) is 97.8 Å². The van der Waals surface area contributed by atoms with Gasteiger partial charge < -0.3 is 8.83 Å². The Hall–Kier alpha value is -4.95. The van der Waals surface area contributed by atoms with E-state index in [0.29, 0.717) is 10.8 Å². The number of rotatable bonds is 6. The van der Waals surface area contributed by atoms with E-state index in [2.05, 4.69) is 19.9 Å². The summed E-state index contributed by atoms with van der Waals surface area (Å²) in [6, 6.07) is 12.0. The molecule has 0 fully saturated rings. The highest BCUT2D eigenvalue weighted by molar-refractivity contribution is 6.30. The highest BCUT2D eigenvalue weighted by atomic mass is 35.5. The lowest BCUT2D eigenvalue weighted by molar-refractivity contribution is 0.557. The minimum Gasteiger partial charge on any atom is -0.403 e. The van der Waals surface area contributed by atoms with Gasteiger partial charge in [-0.3, -0.25) is 9.97 Å². The number of halogens is 1. The van der Waals surface area contributed by atoms with Crippen LogP contribution in [0.2, 0.25) is 5.02 Å². The van der Waals surface area contributed by atoms with Crippen LogP contribution in [0.3, 0.4) is 0 Å². The van der Waals surface area contributed by atoms with Crippen molar-refractivity contribution in [1.82, 2.24) is 19.9 Å². The van der Waals surface area contributed by atoms with Crippen molar-refractivity contribution in [2.45, 2.75) is 25.5 Å². The molecule has 0 aliphatic rings. The van der Waals surface area contributed by atoms with E-state index in [-0.39, 0.29) is 49.4 Å². The predicted octanol–water partition coefficient (Wildman–Crippen LogP) is 6.01. The molecule has 0 unspecified atom stereocenters. The molecule has 200 valence electrons. The van der Waals surface area contributed by atoms with Crippen molar-refractivity contribution >= 4 is 55.6 Å². The summed E-state index contributed by atoms with van der Waals surface area (Å²) in [6.07, 6.45) is -6.57. The number of benzene rings is 1. The quantitative estimate of drug-likeness (QED) is 0.224. The first-order valence-electron chi connectivity index (χ1n) is 16.2. The number of fused-ring (bicyclic) bond motifs is 6. The third-order valence-corrected chi connectivity index (χ3v) is 6.46. The fraction of sp³-hybridized carbons (Fsp3) is 0.125. The molecular formula is C32H21ClN4O4. The summed E-state index contributed by atoms with van der Waals surface area (Å²) < 4.78 is 81.6. The molecule has 0 amide bonds. The molecule has 0 aliphatic heterocycles. The van der Waals surface area contributed by atoms with Crippen molar-refractivity contribution in [2.24, 2.45) is 0 Å². The monoisotopic (exact) mass is 568 g/mol. The summed E-state index contributed by atoms with van der Waals surface area (Å²) in [6.45, 7) is 0. The van der Waals surface area contributed by atoms with Gasteiger partial charge in [-0.05, 0) is 96.3 Å². The third-order valence-electron chi connectivity index (χ3n) is 6.25. The lowest BCUT2D eigenvalue weighted by Crippen LogP contribution is -2.04. The van der Waals surface area contributed by atoms with Crippen LogP contribution in [0.1, 0.15) is 33.2 Å². The molecular weight excluding hydrogens is 540 g/mol. The molecule has 7 rings (SSSR count). The number of pyridine rings is 4. The Morgan fingerprint density at radius 3 is 1.56 bits per heavy atom. The topological polar surface area (TPSA) is 112 Å². The van der Waals surface area contributed by atoms with E-state index in [1.807, 2.05) is 0 Å². The van der Waals surface area contributed by atoms with Gasteiger partial charge in [0.25, 0.3) is 0 Å². The minimum atomic E-state index is -2.93. The van der Waals surface area contributed by atoms with Gasteiger partial charge in [-0.15, -0.1) is 0 Å². The Morgan fingerprint density at radius 1 is 0.610 bits per heavy atom. The van der Waals surface area contributed by atoms with Gasteiger partial charge in [0, 0.05) is 40.8 Å². The van der Waals surface area contributed by atoms with E-state index in [4.69, 9.17) is 31.4 Å². The molecule has 0 saturated heterocycles. The number of hydrogen-bond acceptors (Lipinski definition) is 8. The fourth-order valence-corrected chi connectivity index (χ4v) is 4.65. The van der Waals surface area contributed by atoms with E-state index in [0.717, 1.165) is 42.7 Å². The Balaban J connectivity index is 1.30. The molecule has 0 radical (unpaired) electrons. The maximum Gasteiger partial charge on any atom is 0.347 e. The molecule has 9 heteroatoms. The average Bonchev–Trinajstić information content (AvgIpc) is 3.07. The van der Waals surface area contributed by atoms with Gasteiger partial charge in [0.1, 0.15) is 0 Å². The molecule has 0 atom stereocenters. The lowest BCUT2D eigenvalue weighted by atomic mass is 9.99. The number of aryl methyl sites for hydroxylation is 4. The summed E-state index contributed by atoms with van der Waals surface area (Å²) in [7, 11) is 0.